The third-order valence-electron chi connectivity index (χ3n) is 11.0. The number of hydrogen-bond donors (Lipinski definition) is 0. The van der Waals surface area contributed by atoms with Crippen LogP contribution in [-0.2, 0) is 10.8 Å². The summed E-state index contributed by atoms with van der Waals surface area (Å²) in [5, 5.41) is 7.89. The van der Waals surface area contributed by atoms with Crippen LogP contribution in [0.1, 0.15) is 38.8 Å². The van der Waals surface area contributed by atoms with Crippen LogP contribution in [0.3, 0.4) is 0 Å². The van der Waals surface area contributed by atoms with Crippen LogP contribution >= 0.6 is 11.3 Å². The van der Waals surface area contributed by atoms with Crippen molar-refractivity contribution in [2.75, 3.05) is 4.90 Å². The molecule has 0 saturated carbocycles. The van der Waals surface area contributed by atoms with Gasteiger partial charge in [-0.3, -0.25) is 0 Å². The molecular weight excluding hydrogens is 575 g/mol. The van der Waals surface area contributed by atoms with Crippen molar-refractivity contribution in [3.63, 3.8) is 0 Å². The van der Waals surface area contributed by atoms with Gasteiger partial charge in [0.15, 0.2) is 0 Å². The summed E-state index contributed by atoms with van der Waals surface area (Å²) in [5.74, 6) is 0. The molecule has 2 heteroatoms. The Morgan fingerprint density at radius 3 is 1.93 bits per heavy atom. The summed E-state index contributed by atoms with van der Waals surface area (Å²) in [6.07, 6.45) is 0. The summed E-state index contributed by atoms with van der Waals surface area (Å²) in [6.45, 7) is 9.72. The molecule has 0 spiro atoms. The molecule has 46 heavy (non-hydrogen) atoms. The van der Waals surface area contributed by atoms with Gasteiger partial charge in [0, 0.05) is 37.2 Å². The lowest BCUT2D eigenvalue weighted by molar-refractivity contribution is 0.299. The number of thiophene rings is 1. The predicted molar refractivity (Wildman–Crippen MR) is 201 cm³/mol. The molecule has 1 aliphatic carbocycles. The standard InChI is InChI=1S/C44H35NS/c1-43(2)38-24-23-33-32-15-9-8-12-28(32)18-21-35(33)42(38)36-22-19-31(27-39(36)44(43,3)4)45(29-13-6-5-7-14-29)30-20-25-41-37(26-30)34-16-10-11-17-40(34)46-41/h5-27H,1-4H3. The second-order valence-electron chi connectivity index (χ2n) is 13.8. The molecule has 0 atom stereocenters. The highest BCUT2D eigenvalue weighted by Gasteiger charge is 2.46. The Balaban J connectivity index is 1.30. The topological polar surface area (TPSA) is 3.24 Å². The molecule has 9 rings (SSSR count). The first kappa shape index (κ1) is 27.4. The number of fused-ring (bicyclic) bond motifs is 10. The lowest BCUT2D eigenvalue weighted by Crippen LogP contribution is -2.43. The molecule has 222 valence electrons. The molecule has 0 N–H and O–H groups in total. The highest BCUT2D eigenvalue weighted by molar-refractivity contribution is 7.25. The van der Waals surface area contributed by atoms with Gasteiger partial charge in [-0.15, -0.1) is 11.3 Å². The van der Waals surface area contributed by atoms with Crippen LogP contribution in [0.4, 0.5) is 17.1 Å². The van der Waals surface area contributed by atoms with Gasteiger partial charge in [0.25, 0.3) is 0 Å². The minimum Gasteiger partial charge on any atom is -0.310 e. The summed E-state index contributed by atoms with van der Waals surface area (Å²) in [7, 11) is 0. The van der Waals surface area contributed by atoms with E-state index in [0.717, 1.165) is 5.69 Å². The Morgan fingerprint density at radius 1 is 0.435 bits per heavy atom. The molecule has 7 aromatic carbocycles. The van der Waals surface area contributed by atoms with Gasteiger partial charge >= 0.3 is 0 Å². The van der Waals surface area contributed by atoms with Crippen molar-refractivity contribution in [2.45, 2.75) is 38.5 Å². The predicted octanol–water partition coefficient (Wildman–Crippen LogP) is 13.1. The van der Waals surface area contributed by atoms with E-state index < -0.39 is 0 Å². The Hall–Kier alpha value is -4.92. The van der Waals surface area contributed by atoms with Crippen LogP contribution < -0.4 is 4.90 Å². The first-order chi connectivity index (χ1) is 22.3. The fourth-order valence-electron chi connectivity index (χ4n) is 7.86. The zero-order valence-electron chi connectivity index (χ0n) is 26.6. The van der Waals surface area contributed by atoms with Gasteiger partial charge < -0.3 is 4.90 Å². The van der Waals surface area contributed by atoms with Crippen LogP contribution in [0.15, 0.2) is 140 Å². The molecule has 8 aromatic rings. The van der Waals surface area contributed by atoms with Crippen molar-refractivity contribution in [1.29, 1.82) is 0 Å². The van der Waals surface area contributed by atoms with Crippen molar-refractivity contribution in [2.24, 2.45) is 0 Å². The van der Waals surface area contributed by atoms with Crippen LogP contribution in [-0.4, -0.2) is 0 Å². The molecule has 0 fully saturated rings. The van der Waals surface area contributed by atoms with Crippen LogP contribution in [0.2, 0.25) is 0 Å². The quantitative estimate of drug-likeness (QED) is 0.180. The van der Waals surface area contributed by atoms with E-state index in [1.165, 1.54) is 75.3 Å². The maximum Gasteiger partial charge on any atom is 0.0468 e. The number of nitrogens with zero attached hydrogens (tertiary/aromatic N) is 1. The van der Waals surface area contributed by atoms with Crippen molar-refractivity contribution in [3.8, 4) is 11.1 Å². The summed E-state index contributed by atoms with van der Waals surface area (Å²) in [6, 6.07) is 51.9. The van der Waals surface area contributed by atoms with Gasteiger partial charge in [0.1, 0.15) is 0 Å². The average molecular weight is 610 g/mol. The molecule has 0 saturated heterocycles. The first-order valence-corrected chi connectivity index (χ1v) is 17.0. The minimum atomic E-state index is -0.105. The van der Waals surface area contributed by atoms with Crippen LogP contribution in [0.5, 0.6) is 0 Å². The monoisotopic (exact) mass is 609 g/mol. The Labute approximate surface area is 274 Å². The smallest absolute Gasteiger partial charge is 0.0468 e. The number of anilines is 3. The van der Waals surface area contributed by atoms with Crippen LogP contribution in [0, 0.1) is 0 Å². The van der Waals surface area contributed by atoms with Crippen molar-refractivity contribution in [1.82, 2.24) is 0 Å². The van der Waals surface area contributed by atoms with E-state index >= 15 is 0 Å². The van der Waals surface area contributed by atoms with E-state index in [0.29, 0.717) is 0 Å². The maximum absolute atomic E-state index is 2.48. The Bertz CT molecular complexity index is 2480. The number of hydrogen-bond acceptors (Lipinski definition) is 2. The van der Waals surface area contributed by atoms with Gasteiger partial charge in [-0.2, -0.15) is 0 Å². The molecule has 0 unspecified atom stereocenters. The number of benzene rings is 7. The Morgan fingerprint density at radius 2 is 1.09 bits per heavy atom. The van der Waals surface area contributed by atoms with Gasteiger partial charge in [-0.1, -0.05) is 119 Å². The molecule has 1 heterocycles. The molecule has 0 amide bonds. The zero-order chi connectivity index (χ0) is 31.2. The molecule has 0 radical (unpaired) electrons. The second-order valence-corrected chi connectivity index (χ2v) is 14.9. The summed E-state index contributed by atoms with van der Waals surface area (Å²) >= 11 is 1.87. The summed E-state index contributed by atoms with van der Waals surface area (Å²) in [5.41, 5.74) is 8.87. The lowest BCUT2D eigenvalue weighted by Gasteiger charge is -2.49. The molecule has 1 nitrogen and oxygen atoms in total. The summed E-state index contributed by atoms with van der Waals surface area (Å²) < 4.78 is 2.65. The molecule has 0 aliphatic heterocycles. The lowest BCUT2D eigenvalue weighted by atomic mass is 9.55. The van der Waals surface area contributed by atoms with E-state index in [9.17, 15) is 0 Å². The first-order valence-electron chi connectivity index (χ1n) is 16.2. The average Bonchev–Trinajstić information content (AvgIpc) is 3.46. The fraction of sp³-hybridized carbons (Fsp3) is 0.136. The highest BCUT2D eigenvalue weighted by Crippen LogP contribution is 2.57. The molecule has 1 aromatic heterocycles. The second kappa shape index (κ2) is 9.79. The number of para-hydroxylation sites is 1. The number of rotatable bonds is 3. The van der Waals surface area contributed by atoms with Crippen molar-refractivity contribution < 1.29 is 0 Å². The molecule has 0 bridgehead atoms. The normalized spacial score (nSPS) is 14.9. The third-order valence-corrected chi connectivity index (χ3v) is 12.2. The molecule has 1 aliphatic rings. The minimum absolute atomic E-state index is 0.0835. The van der Waals surface area contributed by atoms with Gasteiger partial charge in [-0.25, -0.2) is 0 Å². The third kappa shape index (κ3) is 3.80. The fourth-order valence-corrected chi connectivity index (χ4v) is 8.94. The van der Waals surface area contributed by atoms with Gasteiger partial charge in [-0.05, 0) is 103 Å². The van der Waals surface area contributed by atoms with E-state index in [2.05, 4.69) is 172 Å². The van der Waals surface area contributed by atoms with E-state index in [1.54, 1.807) is 0 Å². The summed E-state index contributed by atoms with van der Waals surface area (Å²) in [4.78, 5) is 2.43. The Kier molecular flexibility index (Phi) is 5.83. The largest absolute Gasteiger partial charge is 0.310 e. The van der Waals surface area contributed by atoms with Crippen molar-refractivity contribution >= 4 is 70.1 Å². The van der Waals surface area contributed by atoms with E-state index in [-0.39, 0.29) is 10.8 Å². The van der Waals surface area contributed by atoms with E-state index in [4.69, 9.17) is 0 Å². The van der Waals surface area contributed by atoms with E-state index in [1.807, 2.05) is 11.3 Å². The van der Waals surface area contributed by atoms with Gasteiger partial charge in [0.2, 0.25) is 0 Å². The van der Waals surface area contributed by atoms with Gasteiger partial charge in [0.05, 0.1) is 0 Å². The highest BCUT2D eigenvalue weighted by atomic mass is 32.1. The van der Waals surface area contributed by atoms with Crippen molar-refractivity contribution in [3.05, 3.63) is 151 Å². The zero-order valence-corrected chi connectivity index (χ0v) is 27.5. The molecular formula is C44H35NS. The SMILES string of the molecule is CC1(C)c2cc(N(c3ccccc3)c3ccc4sc5ccccc5c4c3)ccc2-c2c(ccc3c2ccc2ccccc23)C1(C)C. The maximum atomic E-state index is 2.48. The van der Waals surface area contributed by atoms with Crippen LogP contribution in [0.25, 0.3) is 52.8 Å².